The van der Waals surface area contributed by atoms with Gasteiger partial charge in [0.2, 0.25) is 0 Å². The fourth-order valence-electron chi connectivity index (χ4n) is 3.30. The van der Waals surface area contributed by atoms with Gasteiger partial charge in [-0.3, -0.25) is 0 Å². The molecule has 1 atom stereocenters. The Morgan fingerprint density at radius 2 is 1.87 bits per heavy atom. The number of methoxy groups -OCH3 is 1. The van der Waals surface area contributed by atoms with Gasteiger partial charge >= 0.3 is 0 Å². The van der Waals surface area contributed by atoms with Crippen molar-refractivity contribution in [2.45, 2.75) is 12.5 Å². The molecule has 0 amide bonds. The summed E-state index contributed by atoms with van der Waals surface area (Å²) < 4.78 is 17.0. The van der Waals surface area contributed by atoms with Crippen LogP contribution >= 0.6 is 11.6 Å². The van der Waals surface area contributed by atoms with Gasteiger partial charge in [-0.05, 0) is 47.9 Å². The van der Waals surface area contributed by atoms with Gasteiger partial charge in [0.05, 0.1) is 13.2 Å². The van der Waals surface area contributed by atoms with E-state index in [0.29, 0.717) is 18.2 Å². The summed E-state index contributed by atoms with van der Waals surface area (Å²) in [5.41, 5.74) is 3.51. The Kier molecular flexibility index (Phi) is 3.79. The average molecular weight is 332 g/mol. The Labute approximate surface area is 140 Å². The quantitative estimate of drug-likeness (QED) is 0.916. The molecule has 5 heteroatoms. The zero-order valence-electron chi connectivity index (χ0n) is 12.9. The van der Waals surface area contributed by atoms with E-state index < -0.39 is 0 Å². The zero-order chi connectivity index (χ0) is 15.8. The van der Waals surface area contributed by atoms with Crippen LogP contribution in [0.25, 0.3) is 0 Å². The van der Waals surface area contributed by atoms with E-state index in [1.807, 2.05) is 18.2 Å². The molecule has 120 valence electrons. The van der Waals surface area contributed by atoms with Crippen molar-refractivity contribution in [2.24, 2.45) is 0 Å². The van der Waals surface area contributed by atoms with Crippen LogP contribution in [0.4, 0.5) is 0 Å². The first-order chi connectivity index (χ1) is 11.3. The Balaban J connectivity index is 1.83. The molecule has 0 spiro atoms. The molecule has 0 bridgehead atoms. The van der Waals surface area contributed by atoms with Gasteiger partial charge in [-0.1, -0.05) is 11.6 Å². The number of rotatable bonds is 2. The summed E-state index contributed by atoms with van der Waals surface area (Å²) in [5.74, 6) is 2.48. The van der Waals surface area contributed by atoms with Crippen molar-refractivity contribution in [3.63, 3.8) is 0 Å². The van der Waals surface area contributed by atoms with Gasteiger partial charge < -0.3 is 19.5 Å². The van der Waals surface area contributed by atoms with Crippen LogP contribution in [0, 0.1) is 0 Å². The lowest BCUT2D eigenvalue weighted by molar-refractivity contribution is 0.171. The first kappa shape index (κ1) is 14.7. The van der Waals surface area contributed by atoms with Crippen LogP contribution in [0.15, 0.2) is 30.3 Å². The van der Waals surface area contributed by atoms with Crippen molar-refractivity contribution in [1.82, 2.24) is 5.32 Å². The van der Waals surface area contributed by atoms with Crippen molar-refractivity contribution in [2.75, 3.05) is 26.9 Å². The van der Waals surface area contributed by atoms with E-state index in [0.717, 1.165) is 35.8 Å². The van der Waals surface area contributed by atoms with E-state index in [1.54, 1.807) is 7.11 Å². The lowest BCUT2D eigenvalue weighted by atomic mass is 9.89. The molecule has 2 aliphatic heterocycles. The summed E-state index contributed by atoms with van der Waals surface area (Å²) in [7, 11) is 1.68. The first-order valence-electron chi connectivity index (χ1n) is 7.75. The number of fused-ring (bicyclic) bond motifs is 2. The van der Waals surface area contributed by atoms with E-state index in [1.165, 1.54) is 11.1 Å². The summed E-state index contributed by atoms with van der Waals surface area (Å²) in [5, 5.41) is 4.27. The third-order valence-corrected chi connectivity index (χ3v) is 4.60. The van der Waals surface area contributed by atoms with E-state index in [2.05, 4.69) is 17.4 Å². The molecule has 0 aromatic heterocycles. The Morgan fingerprint density at radius 3 is 2.65 bits per heavy atom. The summed E-state index contributed by atoms with van der Waals surface area (Å²) >= 11 is 6.21. The summed E-state index contributed by atoms with van der Waals surface area (Å²) in [6.07, 6.45) is 0.964. The van der Waals surface area contributed by atoms with Crippen LogP contribution in [0.5, 0.6) is 17.2 Å². The second-order valence-electron chi connectivity index (χ2n) is 5.72. The van der Waals surface area contributed by atoms with Gasteiger partial charge in [0.15, 0.2) is 11.5 Å². The molecule has 0 radical (unpaired) electrons. The van der Waals surface area contributed by atoms with Crippen LogP contribution < -0.4 is 19.5 Å². The van der Waals surface area contributed by atoms with Crippen LogP contribution in [0.3, 0.4) is 0 Å². The molecule has 2 heterocycles. The normalized spacial score (nSPS) is 19.1. The Morgan fingerprint density at radius 1 is 1.09 bits per heavy atom. The number of halogens is 1. The number of ether oxygens (including phenoxy) is 3. The number of hydrogen-bond acceptors (Lipinski definition) is 4. The van der Waals surface area contributed by atoms with Gasteiger partial charge in [-0.2, -0.15) is 0 Å². The van der Waals surface area contributed by atoms with E-state index >= 15 is 0 Å². The number of benzene rings is 2. The molecular formula is C18H18ClNO3. The predicted octanol–water partition coefficient (Wildman–Crippen LogP) is 3.35. The van der Waals surface area contributed by atoms with Crippen molar-refractivity contribution < 1.29 is 14.2 Å². The van der Waals surface area contributed by atoms with Crippen molar-refractivity contribution in [3.8, 4) is 17.2 Å². The molecule has 0 fully saturated rings. The molecule has 1 unspecified atom stereocenters. The highest BCUT2D eigenvalue weighted by atomic mass is 35.5. The van der Waals surface area contributed by atoms with Crippen LogP contribution in [-0.2, 0) is 6.42 Å². The average Bonchev–Trinajstić information content (AvgIpc) is 2.59. The highest BCUT2D eigenvalue weighted by molar-refractivity contribution is 6.30. The predicted molar refractivity (Wildman–Crippen MR) is 89.0 cm³/mol. The third-order valence-electron chi connectivity index (χ3n) is 4.36. The van der Waals surface area contributed by atoms with Gasteiger partial charge in [-0.25, -0.2) is 0 Å². The summed E-state index contributed by atoms with van der Waals surface area (Å²) in [4.78, 5) is 0. The fourth-order valence-corrected chi connectivity index (χ4v) is 3.48. The fraction of sp³-hybridized carbons (Fsp3) is 0.333. The number of hydrogen-bond donors (Lipinski definition) is 1. The molecule has 2 aromatic carbocycles. The maximum atomic E-state index is 6.21. The molecule has 2 aromatic rings. The molecule has 2 aliphatic rings. The van der Waals surface area contributed by atoms with Gasteiger partial charge in [0.25, 0.3) is 0 Å². The zero-order valence-corrected chi connectivity index (χ0v) is 13.7. The SMILES string of the molecule is COc1ccc(Cl)cc1C1NCCc2cc3c(cc21)OCCO3. The van der Waals surface area contributed by atoms with Gasteiger partial charge in [-0.15, -0.1) is 0 Å². The molecule has 4 nitrogen and oxygen atoms in total. The minimum Gasteiger partial charge on any atom is -0.496 e. The monoisotopic (exact) mass is 331 g/mol. The van der Waals surface area contributed by atoms with E-state index in [-0.39, 0.29) is 6.04 Å². The Bertz CT molecular complexity index is 747. The summed E-state index contributed by atoms with van der Waals surface area (Å²) in [6, 6.07) is 9.94. The van der Waals surface area contributed by atoms with E-state index in [4.69, 9.17) is 25.8 Å². The van der Waals surface area contributed by atoms with Crippen LogP contribution in [0.1, 0.15) is 22.7 Å². The van der Waals surface area contributed by atoms with Gasteiger partial charge in [0.1, 0.15) is 19.0 Å². The minimum absolute atomic E-state index is 0.0308. The highest BCUT2D eigenvalue weighted by Gasteiger charge is 2.27. The molecule has 0 saturated carbocycles. The second kappa shape index (κ2) is 5.95. The Hall–Kier alpha value is -1.91. The lowest BCUT2D eigenvalue weighted by Gasteiger charge is -2.30. The second-order valence-corrected chi connectivity index (χ2v) is 6.15. The van der Waals surface area contributed by atoms with Crippen molar-refractivity contribution >= 4 is 11.6 Å². The highest BCUT2D eigenvalue weighted by Crippen LogP contribution is 2.41. The minimum atomic E-state index is 0.0308. The molecule has 0 saturated heterocycles. The molecule has 1 N–H and O–H groups in total. The molecule has 0 aliphatic carbocycles. The topological polar surface area (TPSA) is 39.7 Å². The first-order valence-corrected chi connectivity index (χ1v) is 8.13. The maximum Gasteiger partial charge on any atom is 0.161 e. The van der Waals surface area contributed by atoms with E-state index in [9.17, 15) is 0 Å². The van der Waals surface area contributed by atoms with Crippen molar-refractivity contribution in [1.29, 1.82) is 0 Å². The molecular weight excluding hydrogens is 314 g/mol. The number of nitrogens with one attached hydrogen (secondary N) is 1. The summed E-state index contributed by atoms with van der Waals surface area (Å²) in [6.45, 7) is 2.09. The largest absolute Gasteiger partial charge is 0.496 e. The third kappa shape index (κ3) is 2.62. The van der Waals surface area contributed by atoms with Gasteiger partial charge in [0, 0.05) is 17.1 Å². The lowest BCUT2D eigenvalue weighted by Crippen LogP contribution is -2.31. The molecule has 23 heavy (non-hydrogen) atoms. The standard InChI is InChI=1S/C18H18ClNO3/c1-21-15-3-2-12(19)9-14(15)18-13-10-17-16(22-6-7-23-17)8-11(13)4-5-20-18/h2-3,8-10,18,20H,4-7H2,1H3. The maximum absolute atomic E-state index is 6.21. The smallest absolute Gasteiger partial charge is 0.161 e. The van der Waals surface area contributed by atoms with Crippen molar-refractivity contribution in [3.05, 3.63) is 52.0 Å². The van der Waals surface area contributed by atoms with Crippen LogP contribution in [0.2, 0.25) is 5.02 Å². The molecule has 4 rings (SSSR count). The van der Waals surface area contributed by atoms with Crippen LogP contribution in [-0.4, -0.2) is 26.9 Å².